The lowest BCUT2D eigenvalue weighted by Crippen LogP contribution is -2.54. The first-order chi connectivity index (χ1) is 13.8. The van der Waals surface area contributed by atoms with Gasteiger partial charge in [0, 0.05) is 25.0 Å². The van der Waals surface area contributed by atoms with Gasteiger partial charge in [-0.3, -0.25) is 34.3 Å². The average molecular weight is 398 g/mol. The standard InChI is InChI=1S/C21H26N4O4/c1-2-21(22)9-4-10-24(12-21)11-13-5-3-6-14-17(13)20(29)25(19(14)28)15-7-8-16(26)23-18(15)27/h3,5-6,15H,2,4,7-12,22H2,1H3,(H,23,26,27). The summed E-state index contributed by atoms with van der Waals surface area (Å²) < 4.78 is 0. The third-order valence-electron chi connectivity index (χ3n) is 6.34. The van der Waals surface area contributed by atoms with E-state index in [1.54, 1.807) is 12.1 Å². The number of amides is 4. The van der Waals surface area contributed by atoms with Crippen molar-refractivity contribution >= 4 is 23.6 Å². The van der Waals surface area contributed by atoms with Gasteiger partial charge >= 0.3 is 0 Å². The number of carbonyl (C=O) groups excluding carboxylic acids is 4. The molecule has 3 N–H and O–H groups in total. The number of nitrogens with one attached hydrogen (secondary N) is 1. The molecule has 2 atom stereocenters. The fourth-order valence-corrected chi connectivity index (χ4v) is 4.64. The van der Waals surface area contributed by atoms with Crippen molar-refractivity contribution in [1.82, 2.24) is 15.1 Å². The molecule has 0 spiro atoms. The maximum absolute atomic E-state index is 13.2. The zero-order valence-corrected chi connectivity index (χ0v) is 16.6. The number of hydrogen-bond acceptors (Lipinski definition) is 6. The molecule has 1 aromatic carbocycles. The SMILES string of the molecule is CCC1(N)CCCN(Cc2cccc3c2C(=O)N(C2CCC(=O)NC2=O)C3=O)C1. The van der Waals surface area contributed by atoms with E-state index >= 15 is 0 Å². The topological polar surface area (TPSA) is 113 Å². The van der Waals surface area contributed by atoms with Gasteiger partial charge in [0.25, 0.3) is 11.8 Å². The van der Waals surface area contributed by atoms with Gasteiger partial charge < -0.3 is 5.73 Å². The molecule has 3 aliphatic rings. The quantitative estimate of drug-likeness (QED) is 0.725. The van der Waals surface area contributed by atoms with E-state index in [1.807, 2.05) is 6.07 Å². The predicted octanol–water partition coefficient (Wildman–Crippen LogP) is 0.791. The number of nitrogens with two attached hydrogens (primary N) is 1. The molecule has 2 saturated heterocycles. The first-order valence-electron chi connectivity index (χ1n) is 10.2. The lowest BCUT2D eigenvalue weighted by molar-refractivity contribution is -0.136. The zero-order valence-electron chi connectivity index (χ0n) is 16.6. The number of benzene rings is 1. The van der Waals surface area contributed by atoms with E-state index in [9.17, 15) is 19.2 Å². The van der Waals surface area contributed by atoms with Crippen LogP contribution in [0.15, 0.2) is 18.2 Å². The van der Waals surface area contributed by atoms with Crippen LogP contribution >= 0.6 is 0 Å². The average Bonchev–Trinajstić information content (AvgIpc) is 2.94. The van der Waals surface area contributed by atoms with Crippen LogP contribution in [0.3, 0.4) is 0 Å². The molecular formula is C21H26N4O4. The Balaban J connectivity index is 1.60. The molecule has 4 rings (SSSR count). The van der Waals surface area contributed by atoms with E-state index in [0.29, 0.717) is 17.7 Å². The van der Waals surface area contributed by atoms with Crippen LogP contribution in [-0.4, -0.2) is 58.1 Å². The van der Waals surface area contributed by atoms with Crippen LogP contribution in [-0.2, 0) is 16.1 Å². The molecular weight excluding hydrogens is 372 g/mol. The van der Waals surface area contributed by atoms with Crippen LogP contribution in [0.25, 0.3) is 0 Å². The molecule has 0 radical (unpaired) electrons. The maximum Gasteiger partial charge on any atom is 0.262 e. The van der Waals surface area contributed by atoms with Crippen molar-refractivity contribution in [2.75, 3.05) is 13.1 Å². The molecule has 8 nitrogen and oxygen atoms in total. The van der Waals surface area contributed by atoms with Crippen LogP contribution < -0.4 is 11.1 Å². The summed E-state index contributed by atoms with van der Waals surface area (Å²) in [7, 11) is 0. The number of piperidine rings is 2. The smallest absolute Gasteiger partial charge is 0.262 e. The van der Waals surface area contributed by atoms with E-state index in [1.165, 1.54) is 0 Å². The Morgan fingerprint density at radius 1 is 1.21 bits per heavy atom. The Bertz CT molecular complexity index is 899. The number of fused-ring (bicyclic) bond motifs is 1. The van der Waals surface area contributed by atoms with Gasteiger partial charge in [0.05, 0.1) is 11.1 Å². The van der Waals surface area contributed by atoms with Crippen LogP contribution in [0.4, 0.5) is 0 Å². The number of carbonyl (C=O) groups is 4. The Morgan fingerprint density at radius 3 is 2.72 bits per heavy atom. The number of hydrogen-bond donors (Lipinski definition) is 2. The van der Waals surface area contributed by atoms with E-state index in [0.717, 1.165) is 42.8 Å². The Labute approximate surface area is 169 Å². The normalized spacial score (nSPS) is 27.9. The molecule has 1 aromatic rings. The van der Waals surface area contributed by atoms with Crippen molar-refractivity contribution in [2.45, 2.75) is 57.2 Å². The molecule has 0 bridgehead atoms. The van der Waals surface area contributed by atoms with E-state index in [2.05, 4.69) is 17.1 Å². The minimum Gasteiger partial charge on any atom is -0.324 e. The molecule has 0 saturated carbocycles. The molecule has 29 heavy (non-hydrogen) atoms. The lowest BCUT2D eigenvalue weighted by atomic mass is 9.87. The summed E-state index contributed by atoms with van der Waals surface area (Å²) in [5, 5.41) is 2.22. The summed E-state index contributed by atoms with van der Waals surface area (Å²) in [6.07, 6.45) is 3.13. The highest BCUT2D eigenvalue weighted by atomic mass is 16.2. The summed E-state index contributed by atoms with van der Waals surface area (Å²) >= 11 is 0. The van der Waals surface area contributed by atoms with Gasteiger partial charge in [-0.1, -0.05) is 19.1 Å². The summed E-state index contributed by atoms with van der Waals surface area (Å²) in [4.78, 5) is 53.0. The Hall–Kier alpha value is -2.58. The number of rotatable bonds is 4. The minimum absolute atomic E-state index is 0.111. The number of nitrogens with zero attached hydrogens (tertiary/aromatic N) is 2. The molecule has 154 valence electrons. The molecule has 2 unspecified atom stereocenters. The molecule has 3 heterocycles. The van der Waals surface area contributed by atoms with Crippen molar-refractivity contribution < 1.29 is 19.2 Å². The summed E-state index contributed by atoms with van der Waals surface area (Å²) in [5.41, 5.74) is 7.70. The molecule has 4 amide bonds. The molecule has 2 fully saturated rings. The summed E-state index contributed by atoms with van der Waals surface area (Å²) in [5.74, 6) is -1.90. The van der Waals surface area contributed by atoms with Gasteiger partial charge in [0.15, 0.2) is 0 Å². The van der Waals surface area contributed by atoms with Crippen LogP contribution in [0.2, 0.25) is 0 Å². The first-order valence-corrected chi connectivity index (χ1v) is 10.2. The second-order valence-electron chi connectivity index (χ2n) is 8.32. The third-order valence-corrected chi connectivity index (χ3v) is 6.34. The summed E-state index contributed by atoms with van der Waals surface area (Å²) in [6, 6.07) is 4.31. The molecule has 8 heteroatoms. The highest BCUT2D eigenvalue weighted by Crippen LogP contribution is 2.31. The third kappa shape index (κ3) is 3.47. The lowest BCUT2D eigenvalue weighted by Gasteiger charge is -2.40. The van der Waals surface area contributed by atoms with Gasteiger partial charge in [-0.05, 0) is 43.9 Å². The van der Waals surface area contributed by atoms with Gasteiger partial charge in [-0.25, -0.2) is 0 Å². The highest BCUT2D eigenvalue weighted by Gasteiger charge is 2.45. The second kappa shape index (κ2) is 7.35. The number of likely N-dealkylation sites (tertiary alicyclic amines) is 1. The van der Waals surface area contributed by atoms with Crippen LogP contribution in [0, 0.1) is 0 Å². The van der Waals surface area contributed by atoms with E-state index in [4.69, 9.17) is 5.73 Å². The second-order valence-corrected chi connectivity index (χ2v) is 8.32. The van der Waals surface area contributed by atoms with Gasteiger partial charge in [0.1, 0.15) is 6.04 Å². The van der Waals surface area contributed by atoms with Gasteiger partial charge in [0.2, 0.25) is 11.8 Å². The Kier molecular flexibility index (Phi) is 5.00. The van der Waals surface area contributed by atoms with Crippen molar-refractivity contribution in [3.63, 3.8) is 0 Å². The van der Waals surface area contributed by atoms with Crippen molar-refractivity contribution in [1.29, 1.82) is 0 Å². The molecule has 3 aliphatic heterocycles. The van der Waals surface area contributed by atoms with Crippen LogP contribution in [0.1, 0.15) is 65.3 Å². The fraction of sp³-hybridized carbons (Fsp3) is 0.524. The van der Waals surface area contributed by atoms with Gasteiger partial charge in [-0.2, -0.15) is 0 Å². The highest BCUT2D eigenvalue weighted by molar-refractivity contribution is 6.24. The Morgan fingerprint density at radius 2 is 2.00 bits per heavy atom. The zero-order chi connectivity index (χ0) is 20.8. The largest absolute Gasteiger partial charge is 0.324 e. The first kappa shape index (κ1) is 19.7. The summed E-state index contributed by atoms with van der Waals surface area (Å²) in [6.45, 7) is 4.25. The maximum atomic E-state index is 13.2. The monoisotopic (exact) mass is 398 g/mol. The van der Waals surface area contributed by atoms with Crippen molar-refractivity contribution in [3.8, 4) is 0 Å². The fourth-order valence-electron chi connectivity index (χ4n) is 4.64. The minimum atomic E-state index is -0.945. The molecule has 0 aliphatic carbocycles. The number of imide groups is 2. The van der Waals surface area contributed by atoms with E-state index in [-0.39, 0.29) is 24.3 Å². The predicted molar refractivity (Wildman–Crippen MR) is 105 cm³/mol. The van der Waals surface area contributed by atoms with Crippen LogP contribution in [0.5, 0.6) is 0 Å². The van der Waals surface area contributed by atoms with E-state index < -0.39 is 23.8 Å². The van der Waals surface area contributed by atoms with Crippen molar-refractivity contribution in [3.05, 3.63) is 34.9 Å². The van der Waals surface area contributed by atoms with Crippen molar-refractivity contribution in [2.24, 2.45) is 5.73 Å². The molecule has 0 aromatic heterocycles. The van der Waals surface area contributed by atoms with Gasteiger partial charge in [-0.15, -0.1) is 0 Å².